The third-order valence-corrected chi connectivity index (χ3v) is 5.84. The second-order valence-electron chi connectivity index (χ2n) is 4.52. The van der Waals surface area contributed by atoms with E-state index in [1.54, 1.807) is 12.1 Å². The molecule has 0 spiro atoms. The Kier molecular flexibility index (Phi) is 4.27. The topological polar surface area (TPSA) is 35.5 Å². The molecule has 1 aliphatic heterocycles. The van der Waals surface area contributed by atoms with Crippen molar-refractivity contribution in [3.8, 4) is 0 Å². The van der Waals surface area contributed by atoms with Crippen molar-refractivity contribution in [3.05, 3.63) is 34.1 Å². The summed E-state index contributed by atoms with van der Waals surface area (Å²) in [6.45, 7) is 4.02. The Morgan fingerprint density at radius 1 is 1.50 bits per heavy atom. The zero-order chi connectivity index (χ0) is 13.3. The molecule has 1 heterocycles. The fraction of sp³-hybridized carbons (Fsp3) is 0.500. The van der Waals surface area contributed by atoms with E-state index in [0.29, 0.717) is 17.5 Å². The first-order chi connectivity index (χ1) is 8.42. The van der Waals surface area contributed by atoms with Crippen LogP contribution in [0.2, 0.25) is 0 Å². The summed E-state index contributed by atoms with van der Waals surface area (Å²) in [4.78, 5) is 0. The fourth-order valence-electron chi connectivity index (χ4n) is 1.76. The van der Waals surface area contributed by atoms with E-state index in [2.05, 4.69) is 15.9 Å². The van der Waals surface area contributed by atoms with Crippen LogP contribution in [-0.4, -0.2) is 12.3 Å². The van der Waals surface area contributed by atoms with Gasteiger partial charge in [-0.15, -0.1) is 0 Å². The molecule has 1 aromatic rings. The summed E-state index contributed by atoms with van der Waals surface area (Å²) in [7, 11) is -3.04. The van der Waals surface area contributed by atoms with Gasteiger partial charge in [0, 0.05) is 6.42 Å². The van der Waals surface area contributed by atoms with Crippen molar-refractivity contribution in [2.24, 2.45) is 0 Å². The first-order valence-electron chi connectivity index (χ1n) is 5.80. The van der Waals surface area contributed by atoms with Gasteiger partial charge in [0.2, 0.25) is 0 Å². The molecule has 18 heavy (non-hydrogen) atoms. The smallest absolute Gasteiger partial charge is 0.308 e. The molecule has 2 atom stereocenters. The SMILES string of the molecule is CC(C)P1(=O)OCCC(c2ccc(F)c(Br)c2)O1. The summed E-state index contributed by atoms with van der Waals surface area (Å²) in [5, 5.41) is 0. The van der Waals surface area contributed by atoms with E-state index in [0.717, 1.165) is 5.56 Å². The van der Waals surface area contributed by atoms with Crippen molar-refractivity contribution in [1.82, 2.24) is 0 Å². The Bertz CT molecular complexity index is 492. The molecule has 6 heteroatoms. The second-order valence-corrected chi connectivity index (χ2v) is 7.96. The summed E-state index contributed by atoms with van der Waals surface area (Å²) in [6, 6.07) is 4.69. The zero-order valence-electron chi connectivity index (χ0n) is 10.2. The number of halogens is 2. The zero-order valence-corrected chi connectivity index (χ0v) is 12.7. The summed E-state index contributed by atoms with van der Waals surface area (Å²) >= 11 is 3.14. The third kappa shape index (κ3) is 2.85. The average Bonchev–Trinajstić information content (AvgIpc) is 2.32. The van der Waals surface area contributed by atoms with Gasteiger partial charge in [0.1, 0.15) is 5.82 Å². The Labute approximate surface area is 114 Å². The van der Waals surface area contributed by atoms with Crippen LogP contribution < -0.4 is 0 Å². The molecule has 0 amide bonds. The molecule has 0 bridgehead atoms. The van der Waals surface area contributed by atoms with Crippen molar-refractivity contribution in [1.29, 1.82) is 0 Å². The maximum atomic E-state index is 13.2. The van der Waals surface area contributed by atoms with Crippen molar-refractivity contribution in [3.63, 3.8) is 0 Å². The van der Waals surface area contributed by atoms with Gasteiger partial charge in [0.15, 0.2) is 0 Å². The van der Waals surface area contributed by atoms with Gasteiger partial charge in [-0.3, -0.25) is 4.57 Å². The highest BCUT2D eigenvalue weighted by Crippen LogP contribution is 2.59. The number of hydrogen-bond acceptors (Lipinski definition) is 3. The standard InChI is InChI=1S/C12H15BrFO3P/c1-8(2)18(15)16-6-5-12(17-18)9-3-4-11(14)10(13)7-9/h3-4,7-8,12H,5-6H2,1-2H3. The van der Waals surface area contributed by atoms with Crippen LogP contribution in [-0.2, 0) is 13.6 Å². The average molecular weight is 337 g/mol. The minimum Gasteiger partial charge on any atom is -0.308 e. The molecular weight excluding hydrogens is 322 g/mol. The quantitative estimate of drug-likeness (QED) is 0.736. The van der Waals surface area contributed by atoms with Gasteiger partial charge < -0.3 is 9.05 Å². The van der Waals surface area contributed by atoms with E-state index in [1.807, 2.05) is 13.8 Å². The van der Waals surface area contributed by atoms with E-state index in [1.165, 1.54) is 6.07 Å². The molecule has 1 saturated heterocycles. The van der Waals surface area contributed by atoms with Gasteiger partial charge in [0.25, 0.3) is 0 Å². The lowest BCUT2D eigenvalue weighted by atomic mass is 10.1. The van der Waals surface area contributed by atoms with Gasteiger partial charge in [-0.2, -0.15) is 0 Å². The van der Waals surface area contributed by atoms with Crippen molar-refractivity contribution in [2.45, 2.75) is 32.0 Å². The summed E-state index contributed by atoms with van der Waals surface area (Å²) < 4.78 is 36.8. The van der Waals surface area contributed by atoms with E-state index in [-0.39, 0.29) is 17.6 Å². The van der Waals surface area contributed by atoms with Crippen LogP contribution in [0.4, 0.5) is 4.39 Å². The highest BCUT2D eigenvalue weighted by molar-refractivity contribution is 9.10. The largest absolute Gasteiger partial charge is 0.333 e. The molecule has 2 rings (SSSR count). The predicted molar refractivity (Wildman–Crippen MR) is 71.2 cm³/mol. The highest BCUT2D eigenvalue weighted by Gasteiger charge is 2.37. The summed E-state index contributed by atoms with van der Waals surface area (Å²) in [5.41, 5.74) is 0.636. The van der Waals surface area contributed by atoms with Gasteiger partial charge in [-0.25, -0.2) is 4.39 Å². The third-order valence-electron chi connectivity index (χ3n) is 2.87. The van der Waals surface area contributed by atoms with E-state index < -0.39 is 7.60 Å². The van der Waals surface area contributed by atoms with E-state index >= 15 is 0 Å². The highest BCUT2D eigenvalue weighted by atomic mass is 79.9. The molecule has 3 nitrogen and oxygen atoms in total. The van der Waals surface area contributed by atoms with Gasteiger partial charge in [0.05, 0.1) is 22.8 Å². The van der Waals surface area contributed by atoms with Crippen LogP contribution in [0.3, 0.4) is 0 Å². The number of rotatable bonds is 2. The fourth-order valence-corrected chi connectivity index (χ4v) is 3.70. The Hall–Kier alpha value is -0.220. The molecule has 1 aromatic carbocycles. The second kappa shape index (κ2) is 5.41. The molecule has 0 N–H and O–H groups in total. The first-order valence-corrected chi connectivity index (χ1v) is 8.20. The monoisotopic (exact) mass is 336 g/mol. The van der Waals surface area contributed by atoms with Crippen molar-refractivity contribution >= 4 is 23.5 Å². The minimum atomic E-state index is -3.04. The molecule has 0 aromatic heterocycles. The molecule has 0 saturated carbocycles. The Morgan fingerprint density at radius 3 is 2.83 bits per heavy atom. The number of hydrogen-bond donors (Lipinski definition) is 0. The maximum absolute atomic E-state index is 13.2. The predicted octanol–water partition coefficient (Wildman–Crippen LogP) is 4.67. The van der Waals surface area contributed by atoms with Crippen LogP contribution in [0, 0.1) is 5.82 Å². The van der Waals surface area contributed by atoms with Gasteiger partial charge >= 0.3 is 7.60 Å². The molecular formula is C12H15BrFO3P. The molecule has 1 aliphatic rings. The molecule has 1 fully saturated rings. The van der Waals surface area contributed by atoms with Crippen molar-refractivity contribution in [2.75, 3.05) is 6.61 Å². The van der Waals surface area contributed by atoms with Gasteiger partial charge in [-0.1, -0.05) is 19.9 Å². The maximum Gasteiger partial charge on any atom is 0.333 e. The minimum absolute atomic E-state index is 0.177. The van der Waals surface area contributed by atoms with Crippen molar-refractivity contribution < 1.29 is 18.0 Å². The Morgan fingerprint density at radius 2 is 2.22 bits per heavy atom. The van der Waals surface area contributed by atoms with Crippen LogP contribution in [0.25, 0.3) is 0 Å². The summed E-state index contributed by atoms with van der Waals surface area (Å²) in [6.07, 6.45) is 0.318. The van der Waals surface area contributed by atoms with E-state index in [4.69, 9.17) is 9.05 Å². The molecule has 0 radical (unpaired) electrons. The van der Waals surface area contributed by atoms with E-state index in [9.17, 15) is 8.96 Å². The normalized spacial score (nSPS) is 28.6. The lowest BCUT2D eigenvalue weighted by molar-refractivity contribution is 0.0780. The molecule has 100 valence electrons. The van der Waals surface area contributed by atoms with Crippen LogP contribution >= 0.6 is 23.5 Å². The number of benzene rings is 1. The van der Waals surface area contributed by atoms with Gasteiger partial charge in [-0.05, 0) is 33.6 Å². The molecule has 2 unspecified atom stereocenters. The lowest BCUT2D eigenvalue weighted by Gasteiger charge is -2.32. The van der Waals surface area contributed by atoms with Crippen LogP contribution in [0.15, 0.2) is 22.7 Å². The summed E-state index contributed by atoms with van der Waals surface area (Å²) in [5.74, 6) is -0.321. The van der Waals surface area contributed by atoms with Crippen LogP contribution in [0.1, 0.15) is 31.9 Å². The first kappa shape index (κ1) is 14.2. The molecule has 0 aliphatic carbocycles. The lowest BCUT2D eigenvalue weighted by Crippen LogP contribution is -2.18. The van der Waals surface area contributed by atoms with Crippen LogP contribution in [0.5, 0.6) is 0 Å². The Balaban J connectivity index is 2.23.